The van der Waals surface area contributed by atoms with E-state index in [0.717, 1.165) is 38.5 Å². The van der Waals surface area contributed by atoms with Crippen LogP contribution in [0.25, 0.3) is 0 Å². The van der Waals surface area contributed by atoms with Gasteiger partial charge in [0, 0.05) is 0 Å². The van der Waals surface area contributed by atoms with Crippen molar-refractivity contribution in [3.63, 3.8) is 0 Å². The van der Waals surface area contributed by atoms with Gasteiger partial charge in [0.1, 0.15) is 6.61 Å². The Morgan fingerprint density at radius 3 is 1.59 bits per heavy atom. The van der Waals surface area contributed by atoms with E-state index in [0.29, 0.717) is 19.8 Å². The zero-order chi connectivity index (χ0) is 16.7. The molecule has 0 aromatic rings. The molecule has 0 saturated heterocycles. The van der Waals surface area contributed by atoms with Crippen molar-refractivity contribution >= 4 is 5.97 Å². The van der Waals surface area contributed by atoms with Crippen molar-refractivity contribution in [2.75, 3.05) is 33.0 Å². The fourth-order valence-corrected chi connectivity index (χ4v) is 1.58. The van der Waals surface area contributed by atoms with Gasteiger partial charge >= 0.3 is 11.9 Å². The zero-order valence-corrected chi connectivity index (χ0v) is 14.3. The molecule has 0 atom stereocenters. The van der Waals surface area contributed by atoms with Crippen molar-refractivity contribution in [1.29, 1.82) is 0 Å². The van der Waals surface area contributed by atoms with Crippen molar-refractivity contribution in [3.05, 3.63) is 0 Å². The maximum absolute atomic E-state index is 11.2. The van der Waals surface area contributed by atoms with Crippen molar-refractivity contribution in [3.8, 4) is 0 Å². The minimum atomic E-state index is -1.37. The van der Waals surface area contributed by atoms with E-state index in [1.165, 1.54) is 0 Å². The summed E-state index contributed by atoms with van der Waals surface area (Å²) in [5, 5.41) is 8.78. The summed E-state index contributed by atoms with van der Waals surface area (Å²) in [5.74, 6) is -2.09. The summed E-state index contributed by atoms with van der Waals surface area (Å²) < 4.78 is 22.2. The number of ether oxygens (including phenoxy) is 4. The van der Waals surface area contributed by atoms with Crippen molar-refractivity contribution in [1.82, 2.24) is 0 Å². The lowest BCUT2D eigenvalue weighted by Crippen LogP contribution is -2.45. The van der Waals surface area contributed by atoms with E-state index >= 15 is 0 Å². The average molecular weight is 320 g/mol. The largest absolute Gasteiger partial charge is 0.455 e. The first-order valence-corrected chi connectivity index (χ1v) is 8.32. The Balaban J connectivity index is 4.71. The van der Waals surface area contributed by atoms with Gasteiger partial charge in [-0.05, 0) is 19.3 Å². The van der Waals surface area contributed by atoms with Crippen molar-refractivity contribution < 1.29 is 28.8 Å². The van der Waals surface area contributed by atoms with Gasteiger partial charge in [0.05, 0.1) is 19.8 Å². The van der Waals surface area contributed by atoms with Crippen molar-refractivity contribution in [2.45, 2.75) is 65.3 Å². The van der Waals surface area contributed by atoms with E-state index in [4.69, 9.17) is 24.1 Å². The van der Waals surface area contributed by atoms with Crippen LogP contribution in [0.3, 0.4) is 0 Å². The predicted molar refractivity (Wildman–Crippen MR) is 83.4 cm³/mol. The topological polar surface area (TPSA) is 74.2 Å². The summed E-state index contributed by atoms with van der Waals surface area (Å²) in [6, 6.07) is 0. The second kappa shape index (κ2) is 13.9. The molecule has 0 bridgehead atoms. The highest BCUT2D eigenvalue weighted by Gasteiger charge is 2.35. The van der Waals surface area contributed by atoms with Gasteiger partial charge in [-0.15, -0.1) is 0 Å². The predicted octanol–water partition coefficient (Wildman–Crippen LogP) is 2.63. The van der Waals surface area contributed by atoms with Crippen LogP contribution in [-0.4, -0.2) is 50.1 Å². The number of aliphatic hydroxyl groups excluding tert-OH is 1. The Labute approximate surface area is 134 Å². The summed E-state index contributed by atoms with van der Waals surface area (Å²) >= 11 is 0. The molecule has 0 heterocycles. The lowest BCUT2D eigenvalue weighted by molar-refractivity contribution is -0.392. The molecule has 0 unspecified atom stereocenters. The third-order valence-electron chi connectivity index (χ3n) is 3.00. The number of rotatable bonds is 15. The quantitative estimate of drug-likeness (QED) is 0.284. The smallest absolute Gasteiger partial charge is 0.332 e. The van der Waals surface area contributed by atoms with Crippen molar-refractivity contribution in [2.24, 2.45) is 0 Å². The lowest BCUT2D eigenvalue weighted by atomic mass is 10.3. The fraction of sp³-hybridized carbons (Fsp3) is 0.938. The van der Waals surface area contributed by atoms with Gasteiger partial charge in [0.15, 0.2) is 6.61 Å². The highest BCUT2D eigenvalue weighted by molar-refractivity contribution is 5.70. The summed E-state index contributed by atoms with van der Waals surface area (Å²) in [6.07, 6.45) is 5.54. The first-order chi connectivity index (χ1) is 10.6. The van der Waals surface area contributed by atoms with Gasteiger partial charge in [-0.2, -0.15) is 0 Å². The zero-order valence-electron chi connectivity index (χ0n) is 14.3. The number of hydrogen-bond acceptors (Lipinski definition) is 6. The van der Waals surface area contributed by atoms with Crippen LogP contribution >= 0.6 is 0 Å². The number of hydrogen-bond donors (Lipinski definition) is 1. The molecule has 6 heteroatoms. The number of unbranched alkanes of at least 4 members (excludes halogenated alkanes) is 3. The van der Waals surface area contributed by atoms with Gasteiger partial charge in [0.2, 0.25) is 0 Å². The second-order valence-electron chi connectivity index (χ2n) is 5.11. The monoisotopic (exact) mass is 320 g/mol. The molecule has 132 valence electrons. The fourth-order valence-electron chi connectivity index (χ4n) is 1.58. The molecule has 0 aliphatic heterocycles. The van der Waals surface area contributed by atoms with Gasteiger partial charge in [0.25, 0.3) is 0 Å². The highest BCUT2D eigenvalue weighted by atomic mass is 16.9. The molecular formula is C16H32O6. The van der Waals surface area contributed by atoms with E-state index in [1.54, 1.807) is 0 Å². The summed E-state index contributed by atoms with van der Waals surface area (Å²) in [6.45, 7) is 6.73. The SMILES string of the molecule is CCCCOC(COC(=O)CO)(OCCCC)OCCCC. The molecule has 6 nitrogen and oxygen atoms in total. The summed E-state index contributed by atoms with van der Waals surface area (Å²) in [7, 11) is 0. The maximum Gasteiger partial charge on any atom is 0.332 e. The number of aliphatic hydroxyl groups is 1. The lowest BCUT2D eigenvalue weighted by Gasteiger charge is -2.32. The van der Waals surface area contributed by atoms with Crippen LogP contribution in [-0.2, 0) is 23.7 Å². The minimum Gasteiger partial charge on any atom is -0.455 e. The normalized spacial score (nSPS) is 11.6. The Hall–Kier alpha value is -0.690. The van der Waals surface area contributed by atoms with E-state index in [1.807, 2.05) is 0 Å². The van der Waals surface area contributed by atoms with E-state index in [-0.39, 0.29) is 6.61 Å². The Bertz CT molecular complexity index is 243. The molecule has 0 spiro atoms. The van der Waals surface area contributed by atoms with E-state index in [9.17, 15) is 4.79 Å². The minimum absolute atomic E-state index is 0.177. The Morgan fingerprint density at radius 2 is 1.27 bits per heavy atom. The first-order valence-electron chi connectivity index (χ1n) is 8.32. The average Bonchev–Trinajstić information content (AvgIpc) is 2.53. The molecular weight excluding hydrogens is 288 g/mol. The van der Waals surface area contributed by atoms with Crippen LogP contribution in [0.15, 0.2) is 0 Å². The van der Waals surface area contributed by atoms with Crippen LogP contribution in [0.4, 0.5) is 0 Å². The maximum atomic E-state index is 11.2. The number of carbonyl (C=O) groups is 1. The molecule has 0 aromatic heterocycles. The molecule has 0 aliphatic carbocycles. The second-order valence-corrected chi connectivity index (χ2v) is 5.11. The number of esters is 1. The van der Waals surface area contributed by atoms with Crippen LogP contribution in [0, 0.1) is 0 Å². The Kier molecular flexibility index (Phi) is 13.5. The summed E-state index contributed by atoms with van der Waals surface area (Å²) in [4.78, 5) is 11.2. The van der Waals surface area contributed by atoms with Crippen LogP contribution in [0.5, 0.6) is 0 Å². The van der Waals surface area contributed by atoms with Gasteiger partial charge in [-0.1, -0.05) is 40.0 Å². The van der Waals surface area contributed by atoms with E-state index in [2.05, 4.69) is 20.8 Å². The molecule has 0 amide bonds. The molecule has 0 aromatic carbocycles. The third kappa shape index (κ3) is 10.1. The van der Waals surface area contributed by atoms with E-state index < -0.39 is 18.5 Å². The molecule has 0 radical (unpaired) electrons. The molecule has 1 N–H and O–H groups in total. The molecule has 0 rings (SSSR count). The molecule has 0 aliphatic rings. The van der Waals surface area contributed by atoms with Gasteiger partial charge in [-0.3, -0.25) is 0 Å². The third-order valence-corrected chi connectivity index (χ3v) is 3.00. The first kappa shape index (κ1) is 21.3. The van der Waals surface area contributed by atoms with Crippen LogP contribution in [0.1, 0.15) is 59.3 Å². The molecule has 0 fully saturated rings. The van der Waals surface area contributed by atoms with Crippen LogP contribution in [0.2, 0.25) is 0 Å². The van der Waals surface area contributed by atoms with Crippen LogP contribution < -0.4 is 0 Å². The number of carbonyl (C=O) groups excluding carboxylic acids is 1. The summed E-state index contributed by atoms with van der Waals surface area (Å²) in [5.41, 5.74) is 0. The standard InChI is InChI=1S/C16H32O6/c1-4-7-10-20-16(21-11-8-5-2,22-12-9-6-3)14-19-15(18)13-17/h17H,4-14H2,1-3H3. The molecule has 0 saturated carbocycles. The van der Waals surface area contributed by atoms with Gasteiger partial charge < -0.3 is 24.1 Å². The highest BCUT2D eigenvalue weighted by Crippen LogP contribution is 2.19. The molecule has 22 heavy (non-hydrogen) atoms. The Morgan fingerprint density at radius 1 is 0.864 bits per heavy atom. The van der Waals surface area contributed by atoms with Gasteiger partial charge in [-0.25, -0.2) is 4.79 Å².